The molecule has 0 aliphatic heterocycles. The normalized spacial score (nSPS) is 11.7. The van der Waals surface area contributed by atoms with Crippen molar-refractivity contribution in [1.82, 2.24) is 21.4 Å². The Morgan fingerprint density at radius 3 is 2.19 bits per heavy atom. The lowest BCUT2D eigenvalue weighted by Crippen LogP contribution is -2.55. The molecule has 0 spiro atoms. The molecule has 0 saturated carbocycles. The number of primary amides is 1. The fourth-order valence-electron chi connectivity index (χ4n) is 3.78. The number of benzene rings is 2. The molecule has 2 aromatic carbocycles. The molecular formula is C28H35N7O12. The largest absolute Gasteiger partial charge is 0.514 e. The summed E-state index contributed by atoms with van der Waals surface area (Å²) in [5.41, 5.74) is 7.33. The van der Waals surface area contributed by atoms with Gasteiger partial charge in [-0.1, -0.05) is 26.0 Å². The second-order valence-corrected chi connectivity index (χ2v) is 10.1. The summed E-state index contributed by atoms with van der Waals surface area (Å²) in [5.74, 6) is -2.49. The van der Waals surface area contributed by atoms with Crippen LogP contribution in [-0.4, -0.2) is 71.3 Å². The van der Waals surface area contributed by atoms with Crippen LogP contribution in [0.4, 0.5) is 25.8 Å². The predicted molar refractivity (Wildman–Crippen MR) is 162 cm³/mol. The summed E-state index contributed by atoms with van der Waals surface area (Å²) >= 11 is 0. The van der Waals surface area contributed by atoms with E-state index >= 15 is 0 Å². The molecule has 2 atom stereocenters. The topological polar surface area (TPSA) is 280 Å². The first-order valence-corrected chi connectivity index (χ1v) is 14.0. The van der Waals surface area contributed by atoms with Crippen LogP contribution >= 0.6 is 0 Å². The number of anilines is 1. The van der Waals surface area contributed by atoms with E-state index in [1.54, 1.807) is 31.5 Å². The van der Waals surface area contributed by atoms with Crippen LogP contribution in [0.5, 0.6) is 5.75 Å². The van der Waals surface area contributed by atoms with E-state index in [1.807, 2.05) is 0 Å². The number of hydrogen-bond acceptors (Lipinski definition) is 11. The number of carboxylic acid groups (broad SMARTS) is 1. The van der Waals surface area contributed by atoms with Crippen LogP contribution in [0.3, 0.4) is 0 Å². The molecule has 0 aliphatic carbocycles. The number of amides is 6. The Bertz CT molecular complexity index is 1420. The first-order chi connectivity index (χ1) is 22.2. The number of nitrogens with two attached hydrogens (primary N) is 1. The third-order valence-corrected chi connectivity index (χ3v) is 6.06. The zero-order valence-electron chi connectivity index (χ0n) is 25.3. The summed E-state index contributed by atoms with van der Waals surface area (Å²) in [5, 5.41) is 29.4. The van der Waals surface area contributed by atoms with Gasteiger partial charge in [-0.25, -0.2) is 14.4 Å². The van der Waals surface area contributed by atoms with Gasteiger partial charge < -0.3 is 41.6 Å². The third kappa shape index (κ3) is 14.1. The minimum Gasteiger partial charge on any atom is -0.464 e. The van der Waals surface area contributed by atoms with Crippen molar-refractivity contribution in [2.75, 3.05) is 18.5 Å². The fourth-order valence-corrected chi connectivity index (χ4v) is 3.78. The highest BCUT2D eigenvalue weighted by Gasteiger charge is 2.29. The maximum Gasteiger partial charge on any atom is 0.514 e. The average Bonchev–Trinajstić information content (AvgIpc) is 3.00. The van der Waals surface area contributed by atoms with Crippen LogP contribution in [0.25, 0.3) is 0 Å². The SMILES string of the molecule is CC(C)[C@H](NC(=O)CONC(=O)O)C(=O)N[C@@H](CCCNC(N)=O)C(=O)Nc1ccc(COC(=O)Oc2ccc([N+](=O)[O-])cc2)cc1. The van der Waals surface area contributed by atoms with Crippen molar-refractivity contribution in [2.24, 2.45) is 11.7 Å². The molecule has 0 fully saturated rings. The van der Waals surface area contributed by atoms with Crippen LogP contribution < -0.4 is 37.2 Å². The van der Waals surface area contributed by atoms with E-state index in [0.29, 0.717) is 11.3 Å². The summed E-state index contributed by atoms with van der Waals surface area (Å²) < 4.78 is 10.0. The molecule has 0 heterocycles. The molecule has 254 valence electrons. The Labute approximate surface area is 267 Å². The lowest BCUT2D eigenvalue weighted by Gasteiger charge is -2.25. The highest BCUT2D eigenvalue weighted by Crippen LogP contribution is 2.18. The van der Waals surface area contributed by atoms with Gasteiger partial charge in [0, 0.05) is 24.4 Å². The van der Waals surface area contributed by atoms with Gasteiger partial charge in [-0.3, -0.25) is 29.3 Å². The number of hydrogen-bond donors (Lipinski definition) is 7. The number of nitrogens with one attached hydrogen (secondary N) is 5. The van der Waals surface area contributed by atoms with Crippen molar-refractivity contribution in [2.45, 2.75) is 45.4 Å². The standard InChI is InChI=1S/C28H35N7O12/c1-16(2)23(33-22(36)15-46-34-27(40)41)25(38)32-21(4-3-13-30-26(29)39)24(37)31-18-7-5-17(6-8-18)14-45-28(42)47-20-11-9-19(10-12-20)35(43)44/h5-12,16,21,23,34H,3-4,13-15H2,1-2H3,(H,31,37)(H,32,38)(H,33,36)(H,40,41)(H3,29,30,39)/t21-,23-/m0/s1. The molecule has 19 nitrogen and oxygen atoms in total. The molecule has 8 N–H and O–H groups in total. The summed E-state index contributed by atoms with van der Waals surface area (Å²) in [6.45, 7) is 2.52. The minimum absolute atomic E-state index is 0.0508. The summed E-state index contributed by atoms with van der Waals surface area (Å²) in [7, 11) is 0. The average molecular weight is 662 g/mol. The van der Waals surface area contributed by atoms with E-state index < -0.39 is 65.5 Å². The molecular weight excluding hydrogens is 626 g/mol. The van der Waals surface area contributed by atoms with Gasteiger partial charge in [-0.05, 0) is 48.6 Å². The van der Waals surface area contributed by atoms with Gasteiger partial charge in [0.15, 0.2) is 6.61 Å². The van der Waals surface area contributed by atoms with E-state index in [2.05, 4.69) is 26.1 Å². The number of carbonyl (C=O) groups is 6. The molecule has 2 rings (SSSR count). The van der Waals surface area contributed by atoms with Gasteiger partial charge in [-0.2, -0.15) is 5.48 Å². The molecule has 19 heteroatoms. The Balaban J connectivity index is 1.99. The number of nitro groups is 1. The number of ether oxygens (including phenoxy) is 2. The van der Waals surface area contributed by atoms with E-state index in [0.717, 1.165) is 0 Å². The van der Waals surface area contributed by atoms with Crippen LogP contribution in [-0.2, 0) is 30.6 Å². The maximum atomic E-state index is 13.2. The smallest absolute Gasteiger partial charge is 0.464 e. The second-order valence-electron chi connectivity index (χ2n) is 10.1. The van der Waals surface area contributed by atoms with Gasteiger partial charge in [0.05, 0.1) is 4.92 Å². The lowest BCUT2D eigenvalue weighted by molar-refractivity contribution is -0.384. The van der Waals surface area contributed by atoms with E-state index in [9.17, 15) is 38.9 Å². The Kier molecular flexibility index (Phi) is 14.8. The monoisotopic (exact) mass is 661 g/mol. The van der Waals surface area contributed by atoms with Crippen molar-refractivity contribution in [1.29, 1.82) is 0 Å². The molecule has 6 amide bonds. The quantitative estimate of drug-likeness (QED) is 0.0418. The number of rotatable bonds is 17. The number of hydroxylamine groups is 1. The van der Waals surface area contributed by atoms with Crippen molar-refractivity contribution in [3.63, 3.8) is 0 Å². The Hall–Kier alpha value is -5.98. The highest BCUT2D eigenvalue weighted by molar-refractivity contribution is 5.98. The molecule has 0 unspecified atom stereocenters. The second kappa shape index (κ2) is 18.7. The third-order valence-electron chi connectivity index (χ3n) is 6.06. The zero-order chi connectivity index (χ0) is 34.9. The minimum atomic E-state index is -1.51. The number of nitro benzene ring substituents is 1. The number of nitrogens with zero attached hydrogens (tertiary/aromatic N) is 1. The fraction of sp³-hybridized carbons (Fsp3) is 0.357. The van der Waals surface area contributed by atoms with E-state index in [-0.39, 0.29) is 37.4 Å². The molecule has 0 saturated heterocycles. The number of non-ortho nitro benzene ring substituents is 1. The van der Waals surface area contributed by atoms with Crippen LogP contribution in [0.1, 0.15) is 32.3 Å². The lowest BCUT2D eigenvalue weighted by atomic mass is 10.0. The number of urea groups is 1. The van der Waals surface area contributed by atoms with Gasteiger partial charge >= 0.3 is 18.3 Å². The Morgan fingerprint density at radius 2 is 1.62 bits per heavy atom. The molecule has 0 aromatic heterocycles. The summed E-state index contributed by atoms with van der Waals surface area (Å²) in [6.07, 6.45) is -2.23. The molecule has 0 bridgehead atoms. The van der Waals surface area contributed by atoms with Gasteiger partial charge in [0.1, 0.15) is 24.4 Å². The zero-order valence-corrected chi connectivity index (χ0v) is 25.3. The van der Waals surface area contributed by atoms with Gasteiger partial charge in [-0.15, -0.1) is 0 Å². The van der Waals surface area contributed by atoms with Crippen LogP contribution in [0, 0.1) is 16.0 Å². The highest BCUT2D eigenvalue weighted by atomic mass is 16.7. The van der Waals surface area contributed by atoms with Crippen LogP contribution in [0.15, 0.2) is 48.5 Å². The predicted octanol–water partition coefficient (Wildman–Crippen LogP) is 1.52. The van der Waals surface area contributed by atoms with Crippen molar-refractivity contribution in [3.8, 4) is 5.75 Å². The molecule has 0 radical (unpaired) electrons. The van der Waals surface area contributed by atoms with Crippen LogP contribution in [0.2, 0.25) is 0 Å². The maximum absolute atomic E-state index is 13.2. The Morgan fingerprint density at radius 1 is 0.957 bits per heavy atom. The molecule has 2 aromatic rings. The van der Waals surface area contributed by atoms with E-state index in [1.165, 1.54) is 36.4 Å². The number of carbonyl (C=O) groups excluding carboxylic acids is 5. The van der Waals surface area contributed by atoms with Crippen molar-refractivity contribution >= 4 is 47.4 Å². The molecule has 47 heavy (non-hydrogen) atoms. The van der Waals surface area contributed by atoms with Crippen molar-refractivity contribution < 1.29 is 53.1 Å². The molecule has 0 aliphatic rings. The van der Waals surface area contributed by atoms with Gasteiger partial charge in [0.25, 0.3) is 5.69 Å². The first kappa shape index (κ1) is 37.2. The van der Waals surface area contributed by atoms with E-state index in [4.69, 9.17) is 20.3 Å². The van der Waals surface area contributed by atoms with Gasteiger partial charge in [0.2, 0.25) is 17.7 Å². The summed E-state index contributed by atoms with van der Waals surface area (Å²) in [4.78, 5) is 86.6. The first-order valence-electron chi connectivity index (χ1n) is 14.0. The summed E-state index contributed by atoms with van der Waals surface area (Å²) in [6, 6.07) is 8.02. The van der Waals surface area contributed by atoms with Crippen molar-refractivity contribution in [3.05, 3.63) is 64.2 Å².